The summed E-state index contributed by atoms with van der Waals surface area (Å²) in [6, 6.07) is 4.60. The maximum Gasteiger partial charge on any atom is 0.326 e. The van der Waals surface area contributed by atoms with Crippen LogP contribution in [-0.2, 0) is 14.4 Å². The van der Waals surface area contributed by atoms with Crippen LogP contribution >= 0.6 is 0 Å². The molecule has 0 fully saturated rings. The van der Waals surface area contributed by atoms with Gasteiger partial charge in [-0.05, 0) is 23.8 Å². The fourth-order valence-corrected chi connectivity index (χ4v) is 1.39. The van der Waals surface area contributed by atoms with Crippen molar-refractivity contribution in [2.45, 2.75) is 12.5 Å². The minimum absolute atomic E-state index is 0.0295. The number of carbonyl (C=O) groups is 3. The highest BCUT2D eigenvalue weighted by Gasteiger charge is 2.21. The van der Waals surface area contributed by atoms with Crippen molar-refractivity contribution in [2.75, 3.05) is 0 Å². The molecule has 1 rings (SSSR count). The summed E-state index contributed by atoms with van der Waals surface area (Å²) in [6.45, 7) is 0. The van der Waals surface area contributed by atoms with Gasteiger partial charge in [0.15, 0.2) is 0 Å². The Morgan fingerprint density at radius 1 is 1.25 bits per heavy atom. The van der Waals surface area contributed by atoms with Crippen LogP contribution < -0.4 is 5.32 Å². The third-order valence-corrected chi connectivity index (χ3v) is 2.29. The number of amides is 1. The Morgan fingerprint density at radius 2 is 1.95 bits per heavy atom. The molecule has 0 bridgehead atoms. The van der Waals surface area contributed by atoms with Gasteiger partial charge in [0.25, 0.3) is 0 Å². The van der Waals surface area contributed by atoms with Crippen molar-refractivity contribution in [3.05, 3.63) is 35.9 Å². The third kappa shape index (κ3) is 5.21. The average Bonchev–Trinajstić information content (AvgIpc) is 2.35. The lowest BCUT2D eigenvalue weighted by atomic mass is 10.2. The molecule has 0 heterocycles. The molecule has 0 aliphatic rings. The normalized spacial score (nSPS) is 12.0. The number of hydrogen-bond acceptors (Lipinski definition) is 4. The van der Waals surface area contributed by atoms with E-state index in [9.17, 15) is 19.5 Å². The van der Waals surface area contributed by atoms with Gasteiger partial charge < -0.3 is 20.6 Å². The van der Waals surface area contributed by atoms with Gasteiger partial charge in [0.05, 0.1) is 6.42 Å². The second-order valence-electron chi connectivity index (χ2n) is 3.93. The summed E-state index contributed by atoms with van der Waals surface area (Å²) in [5.74, 6) is -3.45. The monoisotopic (exact) mass is 279 g/mol. The van der Waals surface area contributed by atoms with Gasteiger partial charge in [-0.1, -0.05) is 12.1 Å². The van der Waals surface area contributed by atoms with E-state index < -0.39 is 30.3 Å². The van der Waals surface area contributed by atoms with E-state index in [1.165, 1.54) is 18.2 Å². The minimum atomic E-state index is -1.49. The van der Waals surface area contributed by atoms with Crippen LogP contribution in [0.15, 0.2) is 30.3 Å². The summed E-state index contributed by atoms with van der Waals surface area (Å²) >= 11 is 0. The molecule has 0 aliphatic heterocycles. The van der Waals surface area contributed by atoms with Crippen LogP contribution in [-0.4, -0.2) is 39.2 Å². The molecular formula is C13H13NO6. The number of hydrogen-bond donors (Lipinski definition) is 4. The van der Waals surface area contributed by atoms with Gasteiger partial charge in [0.1, 0.15) is 11.8 Å². The van der Waals surface area contributed by atoms with Crippen LogP contribution in [0.1, 0.15) is 12.0 Å². The van der Waals surface area contributed by atoms with Crippen molar-refractivity contribution in [3.63, 3.8) is 0 Å². The average molecular weight is 279 g/mol. The van der Waals surface area contributed by atoms with Crippen molar-refractivity contribution in [1.29, 1.82) is 0 Å². The number of carboxylic acids is 2. The molecule has 1 amide bonds. The van der Waals surface area contributed by atoms with Crippen LogP contribution in [0.4, 0.5) is 0 Å². The summed E-state index contributed by atoms with van der Waals surface area (Å²) in [4.78, 5) is 32.7. The van der Waals surface area contributed by atoms with Gasteiger partial charge >= 0.3 is 11.9 Å². The lowest BCUT2D eigenvalue weighted by molar-refractivity contribution is -0.146. The molecule has 0 spiro atoms. The zero-order valence-corrected chi connectivity index (χ0v) is 10.3. The molecule has 20 heavy (non-hydrogen) atoms. The zero-order valence-electron chi connectivity index (χ0n) is 10.3. The van der Waals surface area contributed by atoms with Gasteiger partial charge in [-0.2, -0.15) is 0 Å². The molecule has 106 valence electrons. The molecule has 0 unspecified atom stereocenters. The fraction of sp³-hybridized carbons (Fsp3) is 0.154. The molecule has 0 saturated carbocycles. The second kappa shape index (κ2) is 6.93. The lowest BCUT2D eigenvalue weighted by Crippen LogP contribution is -2.41. The topological polar surface area (TPSA) is 124 Å². The second-order valence-corrected chi connectivity index (χ2v) is 3.93. The molecule has 0 radical (unpaired) electrons. The number of carbonyl (C=O) groups excluding carboxylic acids is 1. The van der Waals surface area contributed by atoms with E-state index in [0.29, 0.717) is 5.56 Å². The van der Waals surface area contributed by atoms with E-state index in [1.807, 2.05) is 0 Å². The molecule has 1 aromatic carbocycles. The van der Waals surface area contributed by atoms with Crippen LogP contribution in [0.25, 0.3) is 6.08 Å². The number of aromatic hydroxyl groups is 1. The Labute approximate surface area is 114 Å². The van der Waals surface area contributed by atoms with E-state index in [4.69, 9.17) is 10.2 Å². The Hall–Kier alpha value is -2.83. The quantitative estimate of drug-likeness (QED) is 0.560. The van der Waals surface area contributed by atoms with Crippen molar-refractivity contribution in [2.24, 2.45) is 0 Å². The number of benzene rings is 1. The molecule has 7 heteroatoms. The van der Waals surface area contributed by atoms with Crippen LogP contribution in [0, 0.1) is 0 Å². The Morgan fingerprint density at radius 3 is 2.50 bits per heavy atom. The summed E-state index contributed by atoms with van der Waals surface area (Å²) in [5.41, 5.74) is 0.547. The number of carboxylic acid groups (broad SMARTS) is 2. The van der Waals surface area contributed by atoms with E-state index in [0.717, 1.165) is 6.08 Å². The lowest BCUT2D eigenvalue weighted by Gasteiger charge is -2.10. The molecule has 0 aromatic heterocycles. The van der Waals surface area contributed by atoms with Crippen LogP contribution in [0.5, 0.6) is 5.75 Å². The summed E-state index contributed by atoms with van der Waals surface area (Å²) < 4.78 is 0. The van der Waals surface area contributed by atoms with Gasteiger partial charge in [-0.3, -0.25) is 9.59 Å². The Balaban J connectivity index is 2.66. The summed E-state index contributed by atoms with van der Waals surface area (Å²) in [6.07, 6.45) is 1.72. The first-order chi connectivity index (χ1) is 9.38. The largest absolute Gasteiger partial charge is 0.508 e. The number of aliphatic carboxylic acids is 2. The molecular weight excluding hydrogens is 266 g/mol. The number of phenolic OH excluding ortho intramolecular Hbond substituents is 1. The maximum absolute atomic E-state index is 11.5. The van der Waals surface area contributed by atoms with E-state index in [-0.39, 0.29) is 5.75 Å². The third-order valence-electron chi connectivity index (χ3n) is 2.29. The number of nitrogens with one attached hydrogen (secondary N) is 1. The highest BCUT2D eigenvalue weighted by atomic mass is 16.4. The smallest absolute Gasteiger partial charge is 0.326 e. The number of rotatable bonds is 6. The predicted molar refractivity (Wildman–Crippen MR) is 69.0 cm³/mol. The van der Waals surface area contributed by atoms with Gasteiger partial charge in [0.2, 0.25) is 5.91 Å². The van der Waals surface area contributed by atoms with Crippen LogP contribution in [0.3, 0.4) is 0 Å². The standard InChI is InChI=1S/C13H13NO6/c15-9-3-1-2-8(6-9)4-5-11(16)14-10(13(19)20)7-12(17)18/h1-6,10,15H,7H2,(H,14,16)(H,17,18)(H,19,20)/t10-/m0/s1. The van der Waals surface area contributed by atoms with Crippen molar-refractivity contribution in [3.8, 4) is 5.75 Å². The van der Waals surface area contributed by atoms with Gasteiger partial charge in [0, 0.05) is 6.08 Å². The van der Waals surface area contributed by atoms with E-state index in [1.54, 1.807) is 12.1 Å². The fourth-order valence-electron chi connectivity index (χ4n) is 1.39. The van der Waals surface area contributed by atoms with Crippen LogP contribution in [0.2, 0.25) is 0 Å². The maximum atomic E-state index is 11.5. The molecule has 7 nitrogen and oxygen atoms in total. The van der Waals surface area contributed by atoms with Gasteiger partial charge in [-0.25, -0.2) is 4.79 Å². The SMILES string of the molecule is O=C(O)C[C@H](NC(=O)C=Cc1cccc(O)c1)C(=O)O. The van der Waals surface area contributed by atoms with Crippen molar-refractivity contribution < 1.29 is 29.7 Å². The highest BCUT2D eigenvalue weighted by molar-refractivity contribution is 5.95. The molecule has 1 aromatic rings. The van der Waals surface area contributed by atoms with Crippen molar-refractivity contribution >= 4 is 23.9 Å². The summed E-state index contributed by atoms with van der Waals surface area (Å²) in [7, 11) is 0. The van der Waals surface area contributed by atoms with E-state index in [2.05, 4.69) is 5.32 Å². The minimum Gasteiger partial charge on any atom is -0.508 e. The first kappa shape index (κ1) is 15.2. The molecule has 4 N–H and O–H groups in total. The zero-order chi connectivity index (χ0) is 15.1. The Kier molecular flexibility index (Phi) is 5.28. The number of phenols is 1. The van der Waals surface area contributed by atoms with E-state index >= 15 is 0 Å². The van der Waals surface area contributed by atoms with Crippen molar-refractivity contribution in [1.82, 2.24) is 5.32 Å². The first-order valence-electron chi connectivity index (χ1n) is 5.60. The highest BCUT2D eigenvalue weighted by Crippen LogP contribution is 2.11. The molecule has 0 saturated heterocycles. The summed E-state index contributed by atoms with van der Waals surface area (Å²) in [5, 5.41) is 28.6. The molecule has 0 aliphatic carbocycles. The Bertz CT molecular complexity index is 552. The van der Waals surface area contributed by atoms with Gasteiger partial charge in [-0.15, -0.1) is 0 Å². The predicted octanol–water partition coefficient (Wildman–Crippen LogP) is 0.449. The first-order valence-corrected chi connectivity index (χ1v) is 5.60. The molecule has 1 atom stereocenters.